The van der Waals surface area contributed by atoms with Crippen molar-refractivity contribution >= 4 is 5.69 Å². The van der Waals surface area contributed by atoms with E-state index in [0.29, 0.717) is 5.92 Å². The normalized spacial score (nSPS) is 19.3. The Bertz CT molecular complexity index is 533. The Labute approximate surface area is 121 Å². The molecule has 0 radical (unpaired) electrons. The second kappa shape index (κ2) is 6.10. The number of likely N-dealkylation sites (tertiary alicyclic amines) is 1. The number of benzene rings is 2. The van der Waals surface area contributed by atoms with Crippen molar-refractivity contribution in [3.05, 3.63) is 65.7 Å². The monoisotopic (exact) mass is 266 g/mol. The lowest BCUT2D eigenvalue weighted by atomic mass is 9.98. The summed E-state index contributed by atoms with van der Waals surface area (Å²) in [5.41, 5.74) is 9.47. The van der Waals surface area contributed by atoms with Crippen LogP contribution in [-0.4, -0.2) is 24.5 Å². The van der Waals surface area contributed by atoms with Gasteiger partial charge in [0.2, 0.25) is 0 Å². The molecule has 20 heavy (non-hydrogen) atoms. The Hall–Kier alpha value is -1.80. The van der Waals surface area contributed by atoms with Crippen molar-refractivity contribution in [2.75, 3.05) is 25.4 Å². The fourth-order valence-corrected chi connectivity index (χ4v) is 3.01. The van der Waals surface area contributed by atoms with Crippen LogP contribution in [0.3, 0.4) is 0 Å². The zero-order chi connectivity index (χ0) is 13.8. The van der Waals surface area contributed by atoms with Gasteiger partial charge in [-0.05, 0) is 48.6 Å². The third kappa shape index (κ3) is 3.20. The molecule has 1 aliphatic rings. The van der Waals surface area contributed by atoms with Gasteiger partial charge in [-0.1, -0.05) is 42.5 Å². The van der Waals surface area contributed by atoms with Gasteiger partial charge in [0.15, 0.2) is 0 Å². The molecule has 1 saturated heterocycles. The molecule has 2 aromatic rings. The molecule has 1 fully saturated rings. The van der Waals surface area contributed by atoms with E-state index in [1.54, 1.807) is 0 Å². The second-order valence-corrected chi connectivity index (χ2v) is 5.69. The number of anilines is 1. The van der Waals surface area contributed by atoms with Crippen LogP contribution in [-0.2, 0) is 6.42 Å². The molecule has 1 aliphatic heterocycles. The Morgan fingerprint density at radius 1 is 1.00 bits per heavy atom. The van der Waals surface area contributed by atoms with Crippen LogP contribution in [0.25, 0.3) is 0 Å². The van der Waals surface area contributed by atoms with Gasteiger partial charge in [-0.3, -0.25) is 0 Å². The highest BCUT2D eigenvalue weighted by atomic mass is 15.1. The van der Waals surface area contributed by atoms with Crippen LogP contribution < -0.4 is 5.73 Å². The highest BCUT2D eigenvalue weighted by Gasteiger charge is 2.23. The highest BCUT2D eigenvalue weighted by molar-refractivity contribution is 5.40. The topological polar surface area (TPSA) is 29.3 Å². The maximum absolute atomic E-state index is 5.75. The number of nitrogens with zero attached hydrogens (tertiary/aromatic N) is 1. The smallest absolute Gasteiger partial charge is 0.0314 e. The third-order valence-electron chi connectivity index (χ3n) is 4.24. The Balaban J connectivity index is 1.53. The van der Waals surface area contributed by atoms with E-state index in [0.717, 1.165) is 18.7 Å². The van der Waals surface area contributed by atoms with E-state index in [4.69, 9.17) is 5.73 Å². The maximum Gasteiger partial charge on any atom is 0.0314 e. The summed E-state index contributed by atoms with van der Waals surface area (Å²) in [6.45, 7) is 3.55. The van der Waals surface area contributed by atoms with Gasteiger partial charge < -0.3 is 10.6 Å². The van der Waals surface area contributed by atoms with E-state index >= 15 is 0 Å². The fraction of sp³-hybridized carbons (Fsp3) is 0.333. The average Bonchev–Trinajstić information content (AvgIpc) is 2.96. The molecule has 2 aromatic carbocycles. The van der Waals surface area contributed by atoms with Crippen molar-refractivity contribution in [2.24, 2.45) is 0 Å². The van der Waals surface area contributed by atoms with Crippen LogP contribution in [0.1, 0.15) is 23.5 Å². The molecule has 2 nitrogen and oxygen atoms in total. The lowest BCUT2D eigenvalue weighted by molar-refractivity contribution is 0.339. The zero-order valence-electron chi connectivity index (χ0n) is 11.8. The molecule has 104 valence electrons. The molecule has 0 aromatic heterocycles. The summed E-state index contributed by atoms with van der Waals surface area (Å²) in [4.78, 5) is 2.58. The number of hydrogen-bond acceptors (Lipinski definition) is 2. The summed E-state index contributed by atoms with van der Waals surface area (Å²) in [5, 5.41) is 0. The lowest BCUT2D eigenvalue weighted by Gasteiger charge is -2.16. The number of nitrogen functional groups attached to an aromatic ring is 1. The quantitative estimate of drug-likeness (QED) is 0.860. The minimum atomic E-state index is 0.673. The summed E-state index contributed by atoms with van der Waals surface area (Å²) in [6, 6.07) is 19.1. The minimum absolute atomic E-state index is 0.673. The molecule has 2 N–H and O–H groups in total. The van der Waals surface area contributed by atoms with Crippen LogP contribution in [0.15, 0.2) is 54.6 Å². The van der Waals surface area contributed by atoms with Gasteiger partial charge in [0.25, 0.3) is 0 Å². The van der Waals surface area contributed by atoms with Gasteiger partial charge in [0.1, 0.15) is 0 Å². The van der Waals surface area contributed by atoms with Crippen molar-refractivity contribution < 1.29 is 0 Å². The number of hydrogen-bond donors (Lipinski definition) is 1. The molecule has 1 heterocycles. The van der Waals surface area contributed by atoms with Gasteiger partial charge >= 0.3 is 0 Å². The van der Waals surface area contributed by atoms with Crippen molar-refractivity contribution in [3.8, 4) is 0 Å². The maximum atomic E-state index is 5.75. The molecule has 3 rings (SSSR count). The van der Waals surface area contributed by atoms with Crippen molar-refractivity contribution in [1.82, 2.24) is 4.90 Å². The first-order valence-corrected chi connectivity index (χ1v) is 7.43. The minimum Gasteiger partial charge on any atom is -0.399 e. The van der Waals surface area contributed by atoms with Crippen LogP contribution in [0.5, 0.6) is 0 Å². The predicted molar refractivity (Wildman–Crippen MR) is 84.8 cm³/mol. The first-order chi connectivity index (χ1) is 9.81. The first kappa shape index (κ1) is 13.2. The van der Waals surface area contributed by atoms with Gasteiger partial charge in [0, 0.05) is 18.8 Å². The Morgan fingerprint density at radius 3 is 2.50 bits per heavy atom. The van der Waals surface area contributed by atoms with Crippen LogP contribution in [0.2, 0.25) is 0 Å². The molecule has 0 bridgehead atoms. The van der Waals surface area contributed by atoms with E-state index in [-0.39, 0.29) is 0 Å². The molecular formula is C18H22N2. The predicted octanol–water partition coefficient (Wildman–Crippen LogP) is 3.30. The zero-order valence-corrected chi connectivity index (χ0v) is 11.8. The third-order valence-corrected chi connectivity index (χ3v) is 4.24. The summed E-state index contributed by atoms with van der Waals surface area (Å²) in [7, 11) is 0. The van der Waals surface area contributed by atoms with Gasteiger partial charge in [0.05, 0.1) is 0 Å². The molecule has 2 heteroatoms. The van der Waals surface area contributed by atoms with Crippen molar-refractivity contribution in [1.29, 1.82) is 0 Å². The SMILES string of the molecule is Nc1ccc(C2CCN(CCc3ccccc3)C2)cc1. The average molecular weight is 266 g/mol. The van der Waals surface area contributed by atoms with Crippen LogP contribution in [0, 0.1) is 0 Å². The number of nitrogens with two attached hydrogens (primary N) is 1. The Kier molecular flexibility index (Phi) is 4.03. The summed E-state index contributed by atoms with van der Waals surface area (Å²) in [5.74, 6) is 0.673. The number of rotatable bonds is 4. The summed E-state index contributed by atoms with van der Waals surface area (Å²) < 4.78 is 0. The molecular weight excluding hydrogens is 244 g/mol. The van der Waals surface area contributed by atoms with E-state index in [1.165, 1.54) is 30.6 Å². The summed E-state index contributed by atoms with van der Waals surface area (Å²) in [6.07, 6.45) is 2.41. The van der Waals surface area contributed by atoms with Crippen LogP contribution in [0.4, 0.5) is 5.69 Å². The van der Waals surface area contributed by atoms with E-state index < -0.39 is 0 Å². The van der Waals surface area contributed by atoms with E-state index in [2.05, 4.69) is 47.4 Å². The van der Waals surface area contributed by atoms with E-state index in [1.807, 2.05) is 12.1 Å². The molecule has 0 aliphatic carbocycles. The molecule has 1 atom stereocenters. The van der Waals surface area contributed by atoms with Crippen LogP contribution >= 0.6 is 0 Å². The largest absolute Gasteiger partial charge is 0.399 e. The summed E-state index contributed by atoms with van der Waals surface area (Å²) >= 11 is 0. The molecule has 0 saturated carbocycles. The highest BCUT2D eigenvalue weighted by Crippen LogP contribution is 2.27. The van der Waals surface area contributed by atoms with Gasteiger partial charge in [-0.25, -0.2) is 0 Å². The van der Waals surface area contributed by atoms with E-state index in [9.17, 15) is 0 Å². The Morgan fingerprint density at radius 2 is 1.75 bits per heavy atom. The standard InChI is InChI=1S/C18H22N2/c19-18-8-6-16(7-9-18)17-11-13-20(14-17)12-10-15-4-2-1-3-5-15/h1-9,17H,10-14,19H2. The second-order valence-electron chi connectivity index (χ2n) is 5.69. The molecule has 0 spiro atoms. The van der Waals surface area contributed by atoms with Gasteiger partial charge in [-0.15, -0.1) is 0 Å². The fourth-order valence-electron chi connectivity index (χ4n) is 3.01. The van der Waals surface area contributed by atoms with Gasteiger partial charge in [-0.2, -0.15) is 0 Å². The molecule has 1 unspecified atom stereocenters. The van der Waals surface area contributed by atoms with Crippen molar-refractivity contribution in [3.63, 3.8) is 0 Å². The molecule has 0 amide bonds. The van der Waals surface area contributed by atoms with Crippen molar-refractivity contribution in [2.45, 2.75) is 18.8 Å². The first-order valence-electron chi connectivity index (χ1n) is 7.43. The lowest BCUT2D eigenvalue weighted by Crippen LogP contribution is -2.23.